The van der Waals surface area contributed by atoms with Gasteiger partial charge < -0.3 is 10.2 Å². The van der Waals surface area contributed by atoms with E-state index >= 15 is 0 Å². The molecule has 1 aromatic carbocycles. The molecule has 1 aliphatic rings. The van der Waals surface area contributed by atoms with Crippen molar-refractivity contribution in [3.8, 4) is 5.69 Å². The summed E-state index contributed by atoms with van der Waals surface area (Å²) in [7, 11) is 0. The Balaban J connectivity index is 1.40. The average molecular weight is 393 g/mol. The summed E-state index contributed by atoms with van der Waals surface area (Å²) in [4.78, 5) is 33.5. The van der Waals surface area contributed by atoms with E-state index in [0.29, 0.717) is 18.2 Å². The minimum absolute atomic E-state index is 0.00289. The van der Waals surface area contributed by atoms with Crippen LogP contribution in [0.4, 0.5) is 11.6 Å². The van der Waals surface area contributed by atoms with Gasteiger partial charge in [-0.15, -0.1) is 0 Å². The van der Waals surface area contributed by atoms with Gasteiger partial charge in [-0.25, -0.2) is 14.6 Å². The lowest BCUT2D eigenvalue weighted by atomic mass is 10.1. The summed E-state index contributed by atoms with van der Waals surface area (Å²) in [5.74, 6) is 0.403. The van der Waals surface area contributed by atoms with Crippen LogP contribution in [0.1, 0.15) is 23.3 Å². The van der Waals surface area contributed by atoms with Gasteiger partial charge in [0.2, 0.25) is 5.95 Å². The van der Waals surface area contributed by atoms with Crippen LogP contribution in [-0.4, -0.2) is 49.7 Å². The monoisotopic (exact) mass is 393 g/mol. The van der Waals surface area contributed by atoms with E-state index in [1.54, 1.807) is 42.9 Å². The minimum Gasteiger partial charge on any atom is -0.346 e. The van der Waals surface area contributed by atoms with E-state index in [1.165, 1.54) is 16.8 Å². The van der Waals surface area contributed by atoms with Crippen LogP contribution < -0.4 is 10.2 Å². The number of carbonyl (C=O) groups excluding carboxylic acids is 1. The fraction of sp³-hybridized carbons (Fsp3) is 0.263. The van der Waals surface area contributed by atoms with Crippen LogP contribution in [0.25, 0.3) is 5.69 Å². The molecule has 10 nitrogen and oxygen atoms in total. The molecule has 0 saturated carbocycles. The van der Waals surface area contributed by atoms with E-state index in [2.05, 4.69) is 25.3 Å². The van der Waals surface area contributed by atoms with Crippen LogP contribution in [0.15, 0.2) is 55.0 Å². The molecule has 4 rings (SSSR count). The summed E-state index contributed by atoms with van der Waals surface area (Å²) in [6.45, 7) is 1.49. The number of carbonyl (C=O) groups is 1. The molecule has 1 N–H and O–H groups in total. The quantitative estimate of drug-likeness (QED) is 0.520. The van der Waals surface area contributed by atoms with Crippen molar-refractivity contribution in [2.45, 2.75) is 18.9 Å². The predicted octanol–water partition coefficient (Wildman–Crippen LogP) is 1.97. The molecule has 0 radical (unpaired) electrons. The number of hydrogen-bond donors (Lipinski definition) is 1. The first kappa shape index (κ1) is 18.5. The number of non-ortho nitro benzene ring substituents is 1. The number of aromatic nitrogens is 4. The zero-order valence-corrected chi connectivity index (χ0v) is 15.5. The second kappa shape index (κ2) is 8.05. The van der Waals surface area contributed by atoms with Crippen LogP contribution in [0, 0.1) is 10.1 Å². The van der Waals surface area contributed by atoms with Gasteiger partial charge in [-0.1, -0.05) is 0 Å². The third-order valence-corrected chi connectivity index (χ3v) is 4.74. The minimum atomic E-state index is -0.459. The largest absolute Gasteiger partial charge is 0.346 e. The molecular weight excluding hydrogens is 374 g/mol. The number of piperidine rings is 1. The highest BCUT2D eigenvalue weighted by molar-refractivity contribution is 5.92. The zero-order valence-electron chi connectivity index (χ0n) is 15.5. The smallest absolute Gasteiger partial charge is 0.272 e. The number of amides is 1. The summed E-state index contributed by atoms with van der Waals surface area (Å²) < 4.78 is 1.52. The highest BCUT2D eigenvalue weighted by Gasteiger charge is 2.24. The molecule has 0 bridgehead atoms. The molecule has 10 heteroatoms. The summed E-state index contributed by atoms with van der Waals surface area (Å²) in [6, 6.07) is 9.35. The van der Waals surface area contributed by atoms with Crippen LogP contribution in [-0.2, 0) is 0 Å². The molecule has 1 unspecified atom stereocenters. The highest BCUT2D eigenvalue weighted by atomic mass is 16.6. The molecule has 1 atom stereocenters. The number of anilines is 1. The van der Waals surface area contributed by atoms with Gasteiger partial charge in [0, 0.05) is 49.9 Å². The highest BCUT2D eigenvalue weighted by Crippen LogP contribution is 2.17. The van der Waals surface area contributed by atoms with Gasteiger partial charge in [-0.2, -0.15) is 5.10 Å². The Morgan fingerprint density at radius 3 is 2.66 bits per heavy atom. The number of hydrogen-bond acceptors (Lipinski definition) is 7. The van der Waals surface area contributed by atoms with Crippen LogP contribution in [0.5, 0.6) is 0 Å². The van der Waals surface area contributed by atoms with Gasteiger partial charge in [0.1, 0.15) is 0 Å². The molecule has 29 heavy (non-hydrogen) atoms. The molecule has 2 aromatic heterocycles. The van der Waals surface area contributed by atoms with E-state index < -0.39 is 4.92 Å². The second-order valence-corrected chi connectivity index (χ2v) is 6.73. The maximum absolute atomic E-state index is 12.6. The fourth-order valence-electron chi connectivity index (χ4n) is 3.31. The van der Waals surface area contributed by atoms with E-state index in [4.69, 9.17) is 0 Å². The van der Waals surface area contributed by atoms with E-state index in [-0.39, 0.29) is 23.3 Å². The van der Waals surface area contributed by atoms with Crippen LogP contribution in [0.3, 0.4) is 0 Å². The van der Waals surface area contributed by atoms with Gasteiger partial charge in [0.05, 0.1) is 10.6 Å². The Labute approximate surface area is 166 Å². The molecule has 3 heterocycles. The Kier molecular flexibility index (Phi) is 5.14. The molecule has 1 fully saturated rings. The number of nitrogens with zero attached hydrogens (tertiary/aromatic N) is 6. The number of benzene rings is 1. The molecule has 1 aliphatic heterocycles. The standard InChI is InChI=1S/C19H19N7O3/c27-18(22-14-3-1-11-24(13-14)19-20-9-2-10-21-19)17-8-12-25(23-17)15-4-6-16(7-5-15)26(28)29/h2,4-10,12,14H,1,3,11,13H2,(H,22,27). The summed E-state index contributed by atoms with van der Waals surface area (Å²) >= 11 is 0. The SMILES string of the molecule is O=C(NC1CCCN(c2ncccn2)C1)c1ccn(-c2ccc([N+](=O)[O-])cc2)n1. The van der Waals surface area contributed by atoms with Crippen molar-refractivity contribution >= 4 is 17.5 Å². The zero-order chi connectivity index (χ0) is 20.2. The Morgan fingerprint density at radius 2 is 1.93 bits per heavy atom. The third-order valence-electron chi connectivity index (χ3n) is 4.74. The van der Waals surface area contributed by atoms with Crippen molar-refractivity contribution < 1.29 is 9.72 Å². The first-order valence-electron chi connectivity index (χ1n) is 9.23. The van der Waals surface area contributed by atoms with Crippen molar-refractivity contribution in [2.24, 2.45) is 0 Å². The number of nitro benzene ring substituents is 1. The van der Waals surface area contributed by atoms with Gasteiger partial charge in [0.15, 0.2) is 5.69 Å². The second-order valence-electron chi connectivity index (χ2n) is 6.73. The summed E-state index contributed by atoms with van der Waals surface area (Å²) in [5.41, 5.74) is 0.930. The summed E-state index contributed by atoms with van der Waals surface area (Å²) in [6.07, 6.45) is 6.87. The van der Waals surface area contributed by atoms with Crippen molar-refractivity contribution in [1.29, 1.82) is 0 Å². The number of rotatable bonds is 5. The van der Waals surface area contributed by atoms with Crippen LogP contribution >= 0.6 is 0 Å². The predicted molar refractivity (Wildman–Crippen MR) is 105 cm³/mol. The van der Waals surface area contributed by atoms with Gasteiger partial charge in [-0.05, 0) is 37.1 Å². The lowest BCUT2D eigenvalue weighted by molar-refractivity contribution is -0.384. The van der Waals surface area contributed by atoms with E-state index in [0.717, 1.165) is 19.4 Å². The molecule has 3 aromatic rings. The Morgan fingerprint density at radius 1 is 1.17 bits per heavy atom. The van der Waals surface area contributed by atoms with E-state index in [9.17, 15) is 14.9 Å². The maximum atomic E-state index is 12.6. The lowest BCUT2D eigenvalue weighted by Crippen LogP contribution is -2.48. The third kappa shape index (κ3) is 4.21. The molecule has 1 amide bonds. The number of nitrogens with one attached hydrogen (secondary N) is 1. The molecule has 1 saturated heterocycles. The van der Waals surface area contributed by atoms with Gasteiger partial charge in [0.25, 0.3) is 11.6 Å². The normalized spacial score (nSPS) is 16.4. The van der Waals surface area contributed by atoms with Crippen molar-refractivity contribution in [3.63, 3.8) is 0 Å². The maximum Gasteiger partial charge on any atom is 0.272 e. The van der Waals surface area contributed by atoms with Gasteiger partial charge >= 0.3 is 0 Å². The van der Waals surface area contributed by atoms with Crippen molar-refractivity contribution in [1.82, 2.24) is 25.1 Å². The average Bonchev–Trinajstić information content (AvgIpc) is 3.25. The van der Waals surface area contributed by atoms with E-state index in [1.807, 2.05) is 0 Å². The molecule has 148 valence electrons. The summed E-state index contributed by atoms with van der Waals surface area (Å²) in [5, 5.41) is 18.1. The first-order chi connectivity index (χ1) is 14.1. The van der Waals surface area contributed by atoms with Gasteiger partial charge in [-0.3, -0.25) is 14.9 Å². The molecular formula is C19H19N7O3. The molecule has 0 aliphatic carbocycles. The Bertz CT molecular complexity index is 1000. The van der Waals surface area contributed by atoms with Crippen molar-refractivity contribution in [2.75, 3.05) is 18.0 Å². The number of nitro groups is 1. The topological polar surface area (TPSA) is 119 Å². The van der Waals surface area contributed by atoms with Crippen LogP contribution in [0.2, 0.25) is 0 Å². The fourth-order valence-corrected chi connectivity index (χ4v) is 3.31. The Hall–Kier alpha value is -3.82. The van der Waals surface area contributed by atoms with Crippen molar-refractivity contribution in [3.05, 3.63) is 70.8 Å². The first-order valence-corrected chi connectivity index (χ1v) is 9.23. The lowest BCUT2D eigenvalue weighted by Gasteiger charge is -2.32. The molecule has 0 spiro atoms.